The van der Waals surface area contributed by atoms with Crippen molar-refractivity contribution in [2.24, 2.45) is 11.3 Å². The summed E-state index contributed by atoms with van der Waals surface area (Å²) in [5.74, 6) is -0.0502. The van der Waals surface area contributed by atoms with Crippen LogP contribution in [0.25, 0.3) is 0 Å². The molecule has 0 bridgehead atoms. The van der Waals surface area contributed by atoms with Crippen molar-refractivity contribution in [2.75, 3.05) is 32.9 Å². The van der Waals surface area contributed by atoms with Gasteiger partial charge < -0.3 is 19.5 Å². The number of carbonyl (C=O) groups excluding carboxylic acids is 1. The van der Waals surface area contributed by atoms with Gasteiger partial charge in [0, 0.05) is 13.1 Å². The van der Waals surface area contributed by atoms with Crippen molar-refractivity contribution in [3.63, 3.8) is 0 Å². The number of carbonyl (C=O) groups is 2. The molecule has 0 aromatic heterocycles. The number of hydrogen-bond acceptors (Lipinski definition) is 4. The highest BCUT2D eigenvalue weighted by Gasteiger charge is 2.55. The first-order chi connectivity index (χ1) is 11.6. The van der Waals surface area contributed by atoms with Crippen LogP contribution >= 0.6 is 0 Å². The van der Waals surface area contributed by atoms with E-state index in [-0.39, 0.29) is 18.4 Å². The van der Waals surface area contributed by atoms with E-state index in [4.69, 9.17) is 9.47 Å². The van der Waals surface area contributed by atoms with Gasteiger partial charge >= 0.3 is 5.97 Å². The van der Waals surface area contributed by atoms with Gasteiger partial charge in [0.15, 0.2) is 0 Å². The number of likely N-dealkylation sites (tertiary alicyclic amines) is 1. The fraction of sp³-hybridized carbons (Fsp3) is 0.556. The van der Waals surface area contributed by atoms with E-state index in [1.54, 1.807) is 4.90 Å². The Morgan fingerprint density at radius 2 is 2.04 bits per heavy atom. The lowest BCUT2D eigenvalue weighted by Crippen LogP contribution is -2.38. The quantitative estimate of drug-likeness (QED) is 0.770. The Balaban J connectivity index is 1.39. The zero-order chi connectivity index (χ0) is 17.0. The van der Waals surface area contributed by atoms with Crippen molar-refractivity contribution in [3.8, 4) is 5.75 Å². The van der Waals surface area contributed by atoms with Gasteiger partial charge in [0.25, 0.3) is 0 Å². The molecule has 6 nitrogen and oxygen atoms in total. The monoisotopic (exact) mass is 333 g/mol. The smallest absolute Gasteiger partial charge is 0.311 e. The Labute approximate surface area is 141 Å². The fourth-order valence-corrected chi connectivity index (χ4v) is 3.81. The Bertz CT molecular complexity index is 590. The standard InChI is InChI=1S/C18H23NO5/c20-16(12-23-9-10-24-15-6-2-1-3-7-15)19-11-14-5-4-8-18(14,13-19)17(21)22/h1-3,6-7,14H,4-5,8-13H2,(H,21,22)/t14-,18+/m0/s1. The maximum absolute atomic E-state index is 12.2. The number of ether oxygens (including phenoxy) is 2. The van der Waals surface area contributed by atoms with E-state index in [9.17, 15) is 14.7 Å². The summed E-state index contributed by atoms with van der Waals surface area (Å²) >= 11 is 0. The summed E-state index contributed by atoms with van der Waals surface area (Å²) in [6.07, 6.45) is 2.50. The highest BCUT2D eigenvalue weighted by Crippen LogP contribution is 2.48. The van der Waals surface area contributed by atoms with Crippen LogP contribution in [0.5, 0.6) is 5.75 Å². The normalized spacial score (nSPS) is 25.5. The van der Waals surface area contributed by atoms with Crippen molar-refractivity contribution in [3.05, 3.63) is 30.3 Å². The van der Waals surface area contributed by atoms with E-state index in [1.807, 2.05) is 30.3 Å². The number of fused-ring (bicyclic) bond motifs is 1. The summed E-state index contributed by atoms with van der Waals surface area (Å²) in [7, 11) is 0. The molecule has 0 radical (unpaired) electrons. The zero-order valence-corrected chi connectivity index (χ0v) is 13.6. The Hall–Kier alpha value is -2.08. The minimum atomic E-state index is -0.766. The summed E-state index contributed by atoms with van der Waals surface area (Å²) in [5.41, 5.74) is -0.730. The number of aliphatic carboxylic acids is 1. The van der Waals surface area contributed by atoms with E-state index in [0.29, 0.717) is 32.7 Å². The van der Waals surface area contributed by atoms with E-state index >= 15 is 0 Å². The molecular formula is C18H23NO5. The predicted octanol–water partition coefficient (Wildman–Crippen LogP) is 1.80. The summed E-state index contributed by atoms with van der Waals surface area (Å²) < 4.78 is 10.9. The summed E-state index contributed by atoms with van der Waals surface area (Å²) in [4.78, 5) is 25.5. The molecule has 130 valence electrons. The Morgan fingerprint density at radius 3 is 2.75 bits per heavy atom. The molecule has 24 heavy (non-hydrogen) atoms. The summed E-state index contributed by atoms with van der Waals surface area (Å²) in [6, 6.07) is 9.42. The molecule has 2 atom stereocenters. The molecule has 1 aliphatic carbocycles. The van der Waals surface area contributed by atoms with E-state index in [1.165, 1.54) is 0 Å². The second-order valence-corrected chi connectivity index (χ2v) is 6.54. The topological polar surface area (TPSA) is 76.1 Å². The first-order valence-corrected chi connectivity index (χ1v) is 8.38. The maximum Gasteiger partial charge on any atom is 0.311 e. The molecule has 0 unspecified atom stereocenters. The van der Waals surface area contributed by atoms with Crippen molar-refractivity contribution < 1.29 is 24.2 Å². The lowest BCUT2D eigenvalue weighted by Gasteiger charge is -2.23. The highest BCUT2D eigenvalue weighted by atomic mass is 16.5. The maximum atomic E-state index is 12.2. The molecule has 1 aromatic carbocycles. The average Bonchev–Trinajstić information content (AvgIpc) is 3.13. The number of benzene rings is 1. The lowest BCUT2D eigenvalue weighted by atomic mass is 9.81. The molecule has 1 N–H and O–H groups in total. The van der Waals surface area contributed by atoms with Gasteiger partial charge in [-0.25, -0.2) is 0 Å². The molecule has 1 saturated carbocycles. The minimum Gasteiger partial charge on any atom is -0.491 e. The van der Waals surface area contributed by atoms with Gasteiger partial charge in [-0.1, -0.05) is 24.6 Å². The third-order valence-corrected chi connectivity index (χ3v) is 5.11. The van der Waals surface area contributed by atoms with Crippen LogP contribution in [-0.2, 0) is 14.3 Å². The van der Waals surface area contributed by atoms with Gasteiger partial charge in [-0.15, -0.1) is 0 Å². The summed E-state index contributed by atoms with van der Waals surface area (Å²) in [6.45, 7) is 1.52. The number of hydrogen-bond donors (Lipinski definition) is 1. The number of para-hydroxylation sites is 1. The Kier molecular flexibility index (Phi) is 5.04. The minimum absolute atomic E-state index is 0.0272. The first kappa shape index (κ1) is 16.8. The van der Waals surface area contributed by atoms with Crippen LogP contribution < -0.4 is 4.74 Å². The van der Waals surface area contributed by atoms with Crippen LogP contribution in [0.15, 0.2) is 30.3 Å². The molecular weight excluding hydrogens is 310 g/mol. The molecule has 1 heterocycles. The molecule has 1 saturated heterocycles. The van der Waals surface area contributed by atoms with Crippen molar-refractivity contribution >= 4 is 11.9 Å². The van der Waals surface area contributed by atoms with Crippen LogP contribution in [0.3, 0.4) is 0 Å². The van der Waals surface area contributed by atoms with Crippen LogP contribution in [0, 0.1) is 11.3 Å². The van der Waals surface area contributed by atoms with Gasteiger partial charge in [-0.3, -0.25) is 9.59 Å². The van der Waals surface area contributed by atoms with Crippen LogP contribution in [0.2, 0.25) is 0 Å². The average molecular weight is 333 g/mol. The van der Waals surface area contributed by atoms with E-state index < -0.39 is 11.4 Å². The highest BCUT2D eigenvalue weighted by molar-refractivity contribution is 5.82. The van der Waals surface area contributed by atoms with Gasteiger partial charge in [-0.2, -0.15) is 0 Å². The lowest BCUT2D eigenvalue weighted by molar-refractivity contribution is -0.149. The number of amides is 1. The zero-order valence-electron chi connectivity index (χ0n) is 13.6. The number of carboxylic acids is 1. The largest absolute Gasteiger partial charge is 0.491 e. The number of rotatable bonds is 7. The van der Waals surface area contributed by atoms with Crippen LogP contribution in [0.1, 0.15) is 19.3 Å². The second kappa shape index (κ2) is 7.21. The van der Waals surface area contributed by atoms with Crippen molar-refractivity contribution in [2.45, 2.75) is 19.3 Å². The molecule has 6 heteroatoms. The van der Waals surface area contributed by atoms with Gasteiger partial charge in [0.1, 0.15) is 19.0 Å². The number of carboxylic acid groups (broad SMARTS) is 1. The molecule has 3 rings (SSSR count). The predicted molar refractivity (Wildman–Crippen MR) is 86.7 cm³/mol. The van der Waals surface area contributed by atoms with Gasteiger partial charge in [0.2, 0.25) is 5.91 Å². The van der Waals surface area contributed by atoms with Crippen LogP contribution in [0.4, 0.5) is 0 Å². The first-order valence-electron chi connectivity index (χ1n) is 8.38. The van der Waals surface area contributed by atoms with Crippen LogP contribution in [-0.4, -0.2) is 54.8 Å². The molecule has 0 spiro atoms. The second-order valence-electron chi connectivity index (χ2n) is 6.54. The fourth-order valence-electron chi connectivity index (χ4n) is 3.81. The molecule has 1 aliphatic heterocycles. The third kappa shape index (κ3) is 3.38. The molecule has 1 amide bonds. The van der Waals surface area contributed by atoms with Gasteiger partial charge in [0.05, 0.1) is 12.0 Å². The molecule has 2 aliphatic rings. The molecule has 1 aromatic rings. The third-order valence-electron chi connectivity index (χ3n) is 5.11. The SMILES string of the molecule is O=C(COCCOc1ccccc1)N1C[C@@H]2CCC[C@@]2(C(=O)O)C1. The molecule has 2 fully saturated rings. The van der Waals surface area contributed by atoms with Crippen molar-refractivity contribution in [1.82, 2.24) is 4.90 Å². The van der Waals surface area contributed by atoms with E-state index in [2.05, 4.69) is 0 Å². The Morgan fingerprint density at radius 1 is 1.25 bits per heavy atom. The van der Waals surface area contributed by atoms with Gasteiger partial charge in [-0.05, 0) is 30.9 Å². The summed E-state index contributed by atoms with van der Waals surface area (Å²) in [5, 5.41) is 9.54. The van der Waals surface area contributed by atoms with E-state index in [0.717, 1.165) is 18.6 Å². The number of nitrogens with zero attached hydrogens (tertiary/aromatic N) is 1. The van der Waals surface area contributed by atoms with Crippen molar-refractivity contribution in [1.29, 1.82) is 0 Å².